The lowest BCUT2D eigenvalue weighted by molar-refractivity contribution is 0.0490. The van der Waals surface area contributed by atoms with E-state index in [1.807, 2.05) is 18.2 Å². The average Bonchev–Trinajstić information content (AvgIpc) is 2.29. The van der Waals surface area contributed by atoms with Crippen molar-refractivity contribution in [2.75, 3.05) is 19.8 Å². The van der Waals surface area contributed by atoms with Gasteiger partial charge in [-0.15, -0.1) is 0 Å². The molecule has 0 N–H and O–H groups in total. The van der Waals surface area contributed by atoms with E-state index >= 15 is 0 Å². The fourth-order valence-electron chi connectivity index (χ4n) is 1.55. The van der Waals surface area contributed by atoms with Crippen LogP contribution in [0.2, 0.25) is 0 Å². The minimum Gasteiger partial charge on any atom is -0.477 e. The normalized spacial score (nSPS) is 18.0. The second kappa shape index (κ2) is 4.96. The van der Waals surface area contributed by atoms with Crippen molar-refractivity contribution in [3.05, 3.63) is 24.4 Å². The number of hydrogen-bond donors (Lipinski definition) is 0. The number of nitrogens with zero attached hydrogens (tertiary/aromatic N) is 1. The van der Waals surface area contributed by atoms with Crippen LogP contribution >= 0.6 is 0 Å². The molecule has 14 heavy (non-hydrogen) atoms. The SMILES string of the molecule is c1ccc(OCC2CCOCC2)nc1. The van der Waals surface area contributed by atoms with Gasteiger partial charge >= 0.3 is 0 Å². The van der Waals surface area contributed by atoms with Gasteiger partial charge in [-0.05, 0) is 24.8 Å². The Morgan fingerprint density at radius 1 is 1.36 bits per heavy atom. The van der Waals surface area contributed by atoms with E-state index in [0.29, 0.717) is 5.92 Å². The third-order valence-corrected chi connectivity index (χ3v) is 2.45. The lowest BCUT2D eigenvalue weighted by Crippen LogP contribution is -2.21. The van der Waals surface area contributed by atoms with Crippen LogP contribution in [0.25, 0.3) is 0 Å². The van der Waals surface area contributed by atoms with Gasteiger partial charge in [-0.2, -0.15) is 0 Å². The Balaban J connectivity index is 1.76. The summed E-state index contributed by atoms with van der Waals surface area (Å²) in [6.45, 7) is 2.51. The maximum Gasteiger partial charge on any atom is 0.213 e. The summed E-state index contributed by atoms with van der Waals surface area (Å²) in [6, 6.07) is 5.72. The highest BCUT2D eigenvalue weighted by atomic mass is 16.5. The van der Waals surface area contributed by atoms with Gasteiger partial charge in [0.1, 0.15) is 0 Å². The summed E-state index contributed by atoms with van der Waals surface area (Å²) < 4.78 is 10.9. The quantitative estimate of drug-likeness (QED) is 0.734. The summed E-state index contributed by atoms with van der Waals surface area (Å²) in [6.07, 6.45) is 3.96. The molecule has 0 spiro atoms. The Kier molecular flexibility index (Phi) is 3.35. The van der Waals surface area contributed by atoms with Crippen LogP contribution in [-0.2, 0) is 4.74 Å². The maximum atomic E-state index is 5.58. The van der Waals surface area contributed by atoms with Gasteiger partial charge in [-0.1, -0.05) is 6.07 Å². The lowest BCUT2D eigenvalue weighted by Gasteiger charge is -2.21. The molecule has 2 heterocycles. The molecule has 1 aromatic heterocycles. The molecule has 1 aromatic rings. The Morgan fingerprint density at radius 3 is 2.93 bits per heavy atom. The zero-order valence-electron chi connectivity index (χ0n) is 8.19. The lowest BCUT2D eigenvalue weighted by atomic mass is 10.0. The third-order valence-electron chi connectivity index (χ3n) is 2.45. The molecule has 0 amide bonds. The van der Waals surface area contributed by atoms with Crippen LogP contribution in [0.1, 0.15) is 12.8 Å². The highest BCUT2D eigenvalue weighted by molar-refractivity contribution is 5.09. The van der Waals surface area contributed by atoms with Crippen molar-refractivity contribution in [2.24, 2.45) is 5.92 Å². The molecule has 3 nitrogen and oxygen atoms in total. The van der Waals surface area contributed by atoms with E-state index in [9.17, 15) is 0 Å². The molecule has 0 saturated carbocycles. The van der Waals surface area contributed by atoms with E-state index in [1.165, 1.54) is 0 Å². The Hall–Kier alpha value is -1.09. The van der Waals surface area contributed by atoms with Gasteiger partial charge in [0.25, 0.3) is 0 Å². The van der Waals surface area contributed by atoms with Crippen LogP contribution in [-0.4, -0.2) is 24.8 Å². The third kappa shape index (κ3) is 2.70. The Bertz CT molecular complexity index is 257. The smallest absolute Gasteiger partial charge is 0.213 e. The molecule has 0 aromatic carbocycles. The number of pyridine rings is 1. The Labute approximate surface area is 84.1 Å². The first-order chi connectivity index (χ1) is 6.95. The molecule has 3 heteroatoms. The molecule has 2 rings (SSSR count). The summed E-state index contributed by atoms with van der Waals surface area (Å²) in [5, 5.41) is 0. The fourth-order valence-corrected chi connectivity index (χ4v) is 1.55. The van der Waals surface area contributed by atoms with E-state index in [4.69, 9.17) is 9.47 Å². The zero-order chi connectivity index (χ0) is 9.64. The molecule has 1 saturated heterocycles. The largest absolute Gasteiger partial charge is 0.477 e. The number of hydrogen-bond acceptors (Lipinski definition) is 3. The molecule has 76 valence electrons. The van der Waals surface area contributed by atoms with E-state index in [-0.39, 0.29) is 0 Å². The van der Waals surface area contributed by atoms with Gasteiger partial charge in [0, 0.05) is 25.5 Å². The molecule has 0 aliphatic carbocycles. The molecule has 1 aliphatic heterocycles. The maximum absolute atomic E-state index is 5.58. The minimum atomic E-state index is 0.630. The highest BCUT2D eigenvalue weighted by Crippen LogP contribution is 2.16. The summed E-state index contributed by atoms with van der Waals surface area (Å²) >= 11 is 0. The molecule has 0 radical (unpaired) electrons. The van der Waals surface area contributed by atoms with Crippen LogP contribution in [0.3, 0.4) is 0 Å². The van der Waals surface area contributed by atoms with Crippen molar-refractivity contribution in [1.82, 2.24) is 4.98 Å². The van der Waals surface area contributed by atoms with Gasteiger partial charge in [0.05, 0.1) is 6.61 Å². The van der Waals surface area contributed by atoms with Crippen molar-refractivity contribution in [1.29, 1.82) is 0 Å². The van der Waals surface area contributed by atoms with E-state index in [2.05, 4.69) is 4.98 Å². The van der Waals surface area contributed by atoms with Crippen LogP contribution in [0.5, 0.6) is 5.88 Å². The first-order valence-corrected chi connectivity index (χ1v) is 5.07. The number of aromatic nitrogens is 1. The predicted octanol–water partition coefficient (Wildman–Crippen LogP) is 1.89. The molecular formula is C11H15NO2. The predicted molar refractivity (Wildman–Crippen MR) is 53.3 cm³/mol. The summed E-state index contributed by atoms with van der Waals surface area (Å²) in [7, 11) is 0. The van der Waals surface area contributed by atoms with Crippen molar-refractivity contribution in [3.63, 3.8) is 0 Å². The first kappa shape index (κ1) is 9.46. The summed E-state index contributed by atoms with van der Waals surface area (Å²) in [5.74, 6) is 1.35. The summed E-state index contributed by atoms with van der Waals surface area (Å²) in [5.41, 5.74) is 0. The second-order valence-electron chi connectivity index (χ2n) is 3.53. The molecule has 1 aliphatic rings. The standard InChI is InChI=1S/C11H15NO2/c1-2-6-12-11(3-1)14-9-10-4-7-13-8-5-10/h1-3,6,10H,4-5,7-9H2. The average molecular weight is 193 g/mol. The first-order valence-electron chi connectivity index (χ1n) is 5.07. The zero-order valence-corrected chi connectivity index (χ0v) is 8.19. The van der Waals surface area contributed by atoms with E-state index in [0.717, 1.165) is 38.5 Å². The van der Waals surface area contributed by atoms with Crippen LogP contribution in [0.15, 0.2) is 24.4 Å². The van der Waals surface area contributed by atoms with Gasteiger partial charge in [0.2, 0.25) is 5.88 Å². The molecule has 0 atom stereocenters. The van der Waals surface area contributed by atoms with Crippen molar-refractivity contribution in [3.8, 4) is 5.88 Å². The fraction of sp³-hybridized carbons (Fsp3) is 0.545. The molecule has 0 bridgehead atoms. The Morgan fingerprint density at radius 2 is 2.21 bits per heavy atom. The molecule has 1 fully saturated rings. The second-order valence-corrected chi connectivity index (χ2v) is 3.53. The van der Waals surface area contributed by atoms with E-state index in [1.54, 1.807) is 6.20 Å². The molecule has 0 unspecified atom stereocenters. The molecular weight excluding hydrogens is 178 g/mol. The minimum absolute atomic E-state index is 0.630. The monoisotopic (exact) mass is 193 g/mol. The van der Waals surface area contributed by atoms with Crippen molar-refractivity contribution >= 4 is 0 Å². The van der Waals surface area contributed by atoms with Gasteiger partial charge in [0.15, 0.2) is 0 Å². The van der Waals surface area contributed by atoms with Crippen LogP contribution < -0.4 is 4.74 Å². The van der Waals surface area contributed by atoms with Crippen molar-refractivity contribution < 1.29 is 9.47 Å². The number of rotatable bonds is 3. The topological polar surface area (TPSA) is 31.4 Å². The summed E-state index contributed by atoms with van der Waals surface area (Å²) in [4.78, 5) is 4.11. The van der Waals surface area contributed by atoms with Gasteiger partial charge in [-0.3, -0.25) is 0 Å². The van der Waals surface area contributed by atoms with E-state index < -0.39 is 0 Å². The van der Waals surface area contributed by atoms with Gasteiger partial charge in [-0.25, -0.2) is 4.98 Å². The number of ether oxygens (including phenoxy) is 2. The highest BCUT2D eigenvalue weighted by Gasteiger charge is 2.14. The van der Waals surface area contributed by atoms with Crippen LogP contribution in [0, 0.1) is 5.92 Å². The van der Waals surface area contributed by atoms with Crippen LogP contribution in [0.4, 0.5) is 0 Å². The van der Waals surface area contributed by atoms with Gasteiger partial charge < -0.3 is 9.47 Å². The van der Waals surface area contributed by atoms with Crippen molar-refractivity contribution in [2.45, 2.75) is 12.8 Å².